The molecule has 3 aromatic heterocycles. The Morgan fingerprint density at radius 1 is 0.950 bits per heavy atom. The lowest BCUT2D eigenvalue weighted by atomic mass is 9.99. The molecule has 0 unspecified atom stereocenters. The molecule has 0 radical (unpaired) electrons. The number of anilines is 1. The Labute approximate surface area is 364 Å². The Hall–Kier alpha value is -4.74. The highest BCUT2D eigenvalue weighted by molar-refractivity contribution is 7.16. The monoisotopic (exact) mass is 883 g/mol. The number of nitrogens with one attached hydrogen (secondary N) is 5. The minimum atomic E-state index is -0.543. The van der Waals surface area contributed by atoms with Crippen LogP contribution in [0.15, 0.2) is 42.6 Å². The minimum Gasteiger partial charge on any atom is -0.387 e. The highest BCUT2D eigenvalue weighted by atomic mass is 35.5. The number of hydrogen-bond acceptors (Lipinski definition) is 9. The lowest BCUT2D eigenvalue weighted by Gasteiger charge is -2.26. The van der Waals surface area contributed by atoms with Gasteiger partial charge >= 0.3 is 0 Å². The van der Waals surface area contributed by atoms with Crippen LogP contribution in [0.3, 0.4) is 0 Å². The number of aliphatic hydroxyl groups excluding tert-OH is 1. The number of unbranched alkanes of at least 4 members (excludes halogenated alkanes) is 5. The van der Waals surface area contributed by atoms with Crippen LogP contribution in [-0.2, 0) is 49.9 Å². The highest BCUT2D eigenvalue weighted by Crippen LogP contribution is 2.42. The summed E-state index contributed by atoms with van der Waals surface area (Å²) in [6.07, 6.45) is 12.7. The zero-order chi connectivity index (χ0) is 43.0. The molecule has 324 valence electrons. The Kier molecular flexibility index (Phi) is 18.0. The quantitative estimate of drug-likeness (QED) is 0.0441. The van der Waals surface area contributed by atoms with Gasteiger partial charge in [-0.3, -0.25) is 28.7 Å². The van der Waals surface area contributed by atoms with Gasteiger partial charge in [-0.15, -0.1) is 11.3 Å². The van der Waals surface area contributed by atoms with Gasteiger partial charge in [0.05, 0.1) is 39.3 Å². The van der Waals surface area contributed by atoms with Crippen LogP contribution >= 0.6 is 34.5 Å². The first-order chi connectivity index (χ1) is 28.9. The van der Waals surface area contributed by atoms with Crippen molar-refractivity contribution in [3.63, 3.8) is 0 Å². The molecule has 18 heteroatoms. The fraction of sp³-hybridized carbons (Fsp3) is 0.476. The van der Waals surface area contributed by atoms with Gasteiger partial charge in [-0.2, -0.15) is 5.10 Å². The number of halogens is 2. The van der Waals surface area contributed by atoms with Crippen LogP contribution in [0.5, 0.6) is 0 Å². The van der Waals surface area contributed by atoms with Gasteiger partial charge in [-0.25, -0.2) is 0 Å². The molecule has 4 heterocycles. The van der Waals surface area contributed by atoms with Crippen LogP contribution in [0, 0.1) is 0 Å². The van der Waals surface area contributed by atoms with Crippen LogP contribution < -0.4 is 21.3 Å². The Morgan fingerprint density at radius 2 is 1.70 bits per heavy atom. The predicted octanol–water partition coefficient (Wildman–Crippen LogP) is 5.05. The number of fused-ring (bicyclic) bond motifs is 3. The summed E-state index contributed by atoms with van der Waals surface area (Å²) in [5, 5.41) is 27.8. The molecule has 15 nitrogen and oxygen atoms in total. The van der Waals surface area contributed by atoms with Gasteiger partial charge in [0.2, 0.25) is 29.5 Å². The topological polar surface area (TPSA) is 194 Å². The normalized spacial score (nSPS) is 12.6. The van der Waals surface area contributed by atoms with Gasteiger partial charge in [-0.05, 0) is 57.6 Å². The number of carbonyl (C=O) groups is 5. The number of aromatic nitrogens is 3. The van der Waals surface area contributed by atoms with Crippen molar-refractivity contribution in [3.05, 3.63) is 68.8 Å². The standard InChI is InChI=1S/C42H55Cl2N9O6S/c1-51(2)20-9-11-35(56)47-25-37(58)49-38-15-13-28(60-38)12-14-36(57)45-18-8-6-4-3-5-7-10-34(55)46-19-23-53-22-17-33(50-53)29-24-31(43)41(44)42-40(29)30-26-52(39(59)27-54)21-16-32(30)48-42/h9,11,13,15,17,22,24,48,54H,3-8,10,12,14,16,18-21,23,25-27H2,1-2H3,(H,45,57)(H,46,55)(H,47,56)(H,49,58)/b11-9+. The Balaban J connectivity index is 0.901. The number of nitrogens with zero attached hydrogens (tertiary/aromatic N) is 4. The van der Waals surface area contributed by atoms with Gasteiger partial charge in [0.25, 0.3) is 0 Å². The first-order valence-electron chi connectivity index (χ1n) is 20.4. The first-order valence-corrected chi connectivity index (χ1v) is 21.9. The van der Waals surface area contributed by atoms with E-state index in [9.17, 15) is 29.1 Å². The third-order valence-corrected chi connectivity index (χ3v) is 11.9. The van der Waals surface area contributed by atoms with E-state index >= 15 is 0 Å². The molecule has 60 heavy (non-hydrogen) atoms. The van der Waals surface area contributed by atoms with Crippen molar-refractivity contribution in [2.75, 3.05) is 58.7 Å². The average molecular weight is 885 g/mol. The Morgan fingerprint density at radius 3 is 2.48 bits per heavy atom. The molecule has 1 aliphatic heterocycles. The summed E-state index contributed by atoms with van der Waals surface area (Å²) in [7, 11) is 3.80. The van der Waals surface area contributed by atoms with Crippen molar-refractivity contribution in [2.45, 2.75) is 77.3 Å². The lowest BCUT2D eigenvalue weighted by molar-refractivity contribution is -0.135. The average Bonchev–Trinajstić information content (AvgIpc) is 3.98. The van der Waals surface area contributed by atoms with Gasteiger partial charge in [0, 0.05) is 91.3 Å². The molecule has 1 aromatic carbocycles. The minimum absolute atomic E-state index is 0.00527. The van der Waals surface area contributed by atoms with Crippen molar-refractivity contribution in [2.24, 2.45) is 0 Å². The maximum Gasteiger partial charge on any atom is 0.248 e. The number of H-pyrrole nitrogens is 1. The molecule has 0 aliphatic carbocycles. The number of amides is 5. The summed E-state index contributed by atoms with van der Waals surface area (Å²) in [6, 6.07) is 7.37. The van der Waals surface area contributed by atoms with E-state index in [4.69, 9.17) is 28.3 Å². The second-order valence-corrected chi connectivity index (χ2v) is 17.0. The fourth-order valence-corrected chi connectivity index (χ4v) is 8.23. The smallest absolute Gasteiger partial charge is 0.248 e. The van der Waals surface area contributed by atoms with Crippen LogP contribution in [0.25, 0.3) is 22.2 Å². The number of likely N-dealkylation sites (N-methyl/N-ethyl adjacent to an activating group) is 1. The number of benzene rings is 1. The lowest BCUT2D eigenvalue weighted by Crippen LogP contribution is -2.37. The predicted molar refractivity (Wildman–Crippen MR) is 236 cm³/mol. The molecule has 0 fully saturated rings. The zero-order valence-corrected chi connectivity index (χ0v) is 36.5. The number of hydrogen-bond donors (Lipinski definition) is 6. The van der Waals surface area contributed by atoms with Gasteiger partial charge < -0.3 is 41.2 Å². The van der Waals surface area contributed by atoms with Gasteiger partial charge in [0.1, 0.15) is 6.61 Å². The fourth-order valence-electron chi connectivity index (χ4n) is 6.91. The van der Waals surface area contributed by atoms with E-state index in [0.29, 0.717) is 91.2 Å². The second-order valence-electron chi connectivity index (χ2n) is 15.0. The van der Waals surface area contributed by atoms with E-state index in [0.717, 1.165) is 65.6 Å². The van der Waals surface area contributed by atoms with E-state index in [1.54, 1.807) is 27.8 Å². The summed E-state index contributed by atoms with van der Waals surface area (Å²) in [4.78, 5) is 69.1. The second kappa shape index (κ2) is 23.3. The number of aromatic amines is 1. The molecule has 0 saturated heterocycles. The number of aliphatic hydroxyl groups is 1. The van der Waals surface area contributed by atoms with Crippen molar-refractivity contribution >= 4 is 80.0 Å². The maximum absolute atomic E-state index is 12.5. The van der Waals surface area contributed by atoms with Crippen molar-refractivity contribution in [1.29, 1.82) is 0 Å². The van der Waals surface area contributed by atoms with Crippen LogP contribution in [0.1, 0.15) is 67.5 Å². The molecule has 0 spiro atoms. The van der Waals surface area contributed by atoms with Crippen LogP contribution in [0.4, 0.5) is 5.00 Å². The van der Waals surface area contributed by atoms with E-state index in [-0.39, 0.29) is 36.1 Å². The van der Waals surface area contributed by atoms with Crippen LogP contribution in [0.2, 0.25) is 10.0 Å². The maximum atomic E-state index is 12.5. The molecule has 1 aliphatic rings. The molecular weight excluding hydrogens is 829 g/mol. The molecule has 0 atom stereocenters. The molecule has 4 aromatic rings. The van der Waals surface area contributed by atoms with Gasteiger partial charge in [-0.1, -0.05) is 55.0 Å². The SMILES string of the molecule is CN(C)C/C=C/C(=O)NCC(=O)Nc1ccc(CCC(=O)NCCCCCCCCC(=O)NCCn2ccc(-c3cc(Cl)c(Cl)c4[nH]c5c(c34)CN(C(=O)CO)CC5)n2)s1. The molecule has 5 rings (SSSR count). The van der Waals surface area contributed by atoms with Crippen molar-refractivity contribution < 1.29 is 29.1 Å². The summed E-state index contributed by atoms with van der Waals surface area (Å²) in [6.45, 7) is 2.36. The molecule has 0 saturated carbocycles. The molecule has 5 amide bonds. The summed E-state index contributed by atoms with van der Waals surface area (Å²) in [5.41, 5.74) is 4.10. The molecule has 0 bridgehead atoms. The van der Waals surface area contributed by atoms with Crippen molar-refractivity contribution in [3.8, 4) is 11.3 Å². The van der Waals surface area contributed by atoms with E-state index in [1.807, 2.05) is 37.3 Å². The van der Waals surface area contributed by atoms with E-state index in [2.05, 4.69) is 26.3 Å². The number of aryl methyl sites for hydroxylation is 1. The van der Waals surface area contributed by atoms with E-state index in [1.165, 1.54) is 17.4 Å². The molecule has 6 N–H and O–H groups in total. The van der Waals surface area contributed by atoms with Crippen molar-refractivity contribution in [1.82, 2.24) is 40.5 Å². The van der Waals surface area contributed by atoms with E-state index < -0.39 is 6.61 Å². The largest absolute Gasteiger partial charge is 0.387 e. The summed E-state index contributed by atoms with van der Waals surface area (Å²) < 4.78 is 1.77. The highest BCUT2D eigenvalue weighted by Gasteiger charge is 2.27. The van der Waals surface area contributed by atoms with Crippen LogP contribution in [-0.4, -0.2) is 113 Å². The number of thiophene rings is 1. The number of rotatable bonds is 23. The van der Waals surface area contributed by atoms with Gasteiger partial charge in [0.15, 0.2) is 0 Å². The third kappa shape index (κ3) is 13.9. The zero-order valence-electron chi connectivity index (χ0n) is 34.2. The summed E-state index contributed by atoms with van der Waals surface area (Å²) >= 11 is 14.5. The summed E-state index contributed by atoms with van der Waals surface area (Å²) in [5.74, 6) is -0.965. The Bertz CT molecular complexity index is 2150. The third-order valence-electron chi connectivity index (χ3n) is 10.0. The first kappa shape index (κ1) is 46.3. The number of carbonyl (C=O) groups excluding carboxylic acids is 5. The molecular formula is C42H55Cl2N9O6S.